The highest BCUT2D eigenvalue weighted by Crippen LogP contribution is 2.66. The van der Waals surface area contributed by atoms with Gasteiger partial charge in [0.25, 0.3) is 0 Å². The summed E-state index contributed by atoms with van der Waals surface area (Å²) in [5, 5.41) is 10.2. The molecular weight excluding hydrogens is 344 g/mol. The number of fused-ring (bicyclic) bond motifs is 5. The molecule has 4 aliphatic carbocycles. The van der Waals surface area contributed by atoms with E-state index in [9.17, 15) is 9.90 Å². The maximum Gasteiger partial charge on any atom is 0.159 e. The highest BCUT2D eigenvalue weighted by atomic mass is 16.3. The van der Waals surface area contributed by atoms with E-state index in [1.54, 1.807) is 0 Å². The lowest BCUT2D eigenvalue weighted by Gasteiger charge is -2.57. The van der Waals surface area contributed by atoms with Crippen molar-refractivity contribution in [1.29, 1.82) is 0 Å². The van der Waals surface area contributed by atoms with Crippen LogP contribution >= 0.6 is 0 Å². The van der Waals surface area contributed by atoms with Gasteiger partial charge in [-0.15, -0.1) is 0 Å². The Morgan fingerprint density at radius 3 is 2.61 bits per heavy atom. The Kier molecular flexibility index (Phi) is 5.57. The zero-order valence-electron chi connectivity index (χ0n) is 18.7. The average Bonchev–Trinajstić information content (AvgIpc) is 2.96. The number of unbranched alkanes of at least 4 members (excludes halogenated alkanes) is 1. The smallest absolute Gasteiger partial charge is 0.159 e. The van der Waals surface area contributed by atoms with E-state index in [0.29, 0.717) is 23.0 Å². The lowest BCUT2D eigenvalue weighted by atomic mass is 9.47. The minimum atomic E-state index is -0.237. The zero-order chi connectivity index (χ0) is 20.1. The fourth-order valence-corrected chi connectivity index (χ4v) is 7.91. The minimum Gasteiger partial charge on any atom is -0.393 e. The first-order valence-electron chi connectivity index (χ1n) is 12.2. The fourth-order valence-electron chi connectivity index (χ4n) is 7.91. The van der Waals surface area contributed by atoms with E-state index in [4.69, 9.17) is 0 Å². The molecule has 2 heteroatoms. The highest BCUT2D eigenvalue weighted by Gasteiger charge is 2.60. The molecule has 28 heavy (non-hydrogen) atoms. The van der Waals surface area contributed by atoms with Crippen molar-refractivity contribution >= 4 is 5.78 Å². The molecule has 4 rings (SSSR count). The maximum absolute atomic E-state index is 13.3. The lowest BCUT2D eigenvalue weighted by Crippen LogP contribution is -2.53. The summed E-state index contributed by atoms with van der Waals surface area (Å²) in [7, 11) is 0. The van der Waals surface area contributed by atoms with E-state index in [1.807, 2.05) is 6.08 Å². The van der Waals surface area contributed by atoms with Crippen molar-refractivity contribution < 1.29 is 9.90 Å². The summed E-state index contributed by atoms with van der Waals surface area (Å²) in [4.78, 5) is 13.3. The van der Waals surface area contributed by atoms with Gasteiger partial charge in [-0.25, -0.2) is 0 Å². The third-order valence-corrected chi connectivity index (χ3v) is 9.70. The third kappa shape index (κ3) is 3.32. The normalized spacial score (nSPS) is 45.4. The number of carbonyl (C=O) groups excluding carboxylic acids is 1. The van der Waals surface area contributed by atoms with Gasteiger partial charge in [-0.1, -0.05) is 52.5 Å². The van der Waals surface area contributed by atoms with Gasteiger partial charge in [0.1, 0.15) is 0 Å². The van der Waals surface area contributed by atoms with E-state index in [-0.39, 0.29) is 17.4 Å². The summed E-state index contributed by atoms with van der Waals surface area (Å²) in [6.07, 6.45) is 15.1. The quantitative estimate of drug-likeness (QED) is 0.561. The van der Waals surface area contributed by atoms with Gasteiger partial charge in [-0.05, 0) is 91.9 Å². The number of aliphatic hydroxyl groups is 1. The van der Waals surface area contributed by atoms with Crippen LogP contribution in [0.1, 0.15) is 98.3 Å². The SMILES string of the molecule is CC(C)CCCC[C@H]1CCC2C3C(=O)C=C4CC(O)CC[C@]4(C)C3CC[C@@]21C. The van der Waals surface area contributed by atoms with Crippen LogP contribution in [0, 0.1) is 40.4 Å². The van der Waals surface area contributed by atoms with Crippen LogP contribution < -0.4 is 0 Å². The number of allylic oxidation sites excluding steroid dienone is 1. The van der Waals surface area contributed by atoms with Crippen LogP contribution in [0.15, 0.2) is 11.6 Å². The predicted octanol–water partition coefficient (Wildman–Crippen LogP) is 6.32. The molecule has 2 nitrogen and oxygen atoms in total. The first-order valence-corrected chi connectivity index (χ1v) is 12.2. The number of rotatable bonds is 5. The Balaban J connectivity index is 1.51. The van der Waals surface area contributed by atoms with Crippen molar-refractivity contribution in [2.24, 2.45) is 40.4 Å². The molecule has 0 spiro atoms. The van der Waals surface area contributed by atoms with Crippen LogP contribution in [-0.4, -0.2) is 17.0 Å². The van der Waals surface area contributed by atoms with Crippen LogP contribution in [0.3, 0.4) is 0 Å². The van der Waals surface area contributed by atoms with Crippen LogP contribution in [-0.2, 0) is 4.79 Å². The van der Waals surface area contributed by atoms with Crippen molar-refractivity contribution in [2.75, 3.05) is 0 Å². The van der Waals surface area contributed by atoms with E-state index in [2.05, 4.69) is 27.7 Å². The van der Waals surface area contributed by atoms with Crippen LogP contribution in [0.25, 0.3) is 0 Å². The molecule has 0 aliphatic heterocycles. The Morgan fingerprint density at radius 2 is 1.86 bits per heavy atom. The zero-order valence-corrected chi connectivity index (χ0v) is 18.7. The topological polar surface area (TPSA) is 37.3 Å². The average molecular weight is 387 g/mol. The van der Waals surface area contributed by atoms with Crippen LogP contribution in [0.4, 0.5) is 0 Å². The van der Waals surface area contributed by atoms with E-state index in [0.717, 1.165) is 31.1 Å². The Hall–Kier alpha value is -0.630. The lowest BCUT2D eigenvalue weighted by molar-refractivity contribution is -0.134. The highest BCUT2D eigenvalue weighted by molar-refractivity contribution is 5.94. The molecule has 3 saturated carbocycles. The Morgan fingerprint density at radius 1 is 1.07 bits per heavy atom. The Bertz CT molecular complexity index is 634. The first kappa shape index (κ1) is 20.6. The third-order valence-electron chi connectivity index (χ3n) is 9.70. The van der Waals surface area contributed by atoms with Gasteiger partial charge in [0.05, 0.1) is 6.10 Å². The van der Waals surface area contributed by atoms with Crippen molar-refractivity contribution in [1.82, 2.24) is 0 Å². The molecule has 0 saturated heterocycles. The fraction of sp³-hybridized carbons (Fsp3) is 0.885. The van der Waals surface area contributed by atoms with Gasteiger partial charge in [0, 0.05) is 5.92 Å². The van der Waals surface area contributed by atoms with Gasteiger partial charge < -0.3 is 5.11 Å². The van der Waals surface area contributed by atoms with Crippen LogP contribution in [0.5, 0.6) is 0 Å². The second-order valence-corrected chi connectivity index (χ2v) is 11.6. The number of ketones is 1. The van der Waals surface area contributed by atoms with Gasteiger partial charge >= 0.3 is 0 Å². The molecule has 0 aromatic rings. The first-order chi connectivity index (χ1) is 13.3. The van der Waals surface area contributed by atoms with Gasteiger partial charge in [-0.3, -0.25) is 4.79 Å². The summed E-state index contributed by atoms with van der Waals surface area (Å²) in [6.45, 7) is 9.61. The number of aliphatic hydroxyl groups excluding tert-OH is 1. The summed E-state index contributed by atoms with van der Waals surface area (Å²) >= 11 is 0. The maximum atomic E-state index is 13.3. The number of hydrogen-bond donors (Lipinski definition) is 1. The molecule has 0 aromatic heterocycles. The van der Waals surface area contributed by atoms with E-state index < -0.39 is 0 Å². The summed E-state index contributed by atoms with van der Waals surface area (Å²) in [5.41, 5.74) is 1.81. The molecule has 0 aromatic carbocycles. The van der Waals surface area contributed by atoms with Crippen molar-refractivity contribution in [2.45, 2.75) is 104 Å². The Labute approximate surface area is 172 Å². The molecule has 158 valence electrons. The largest absolute Gasteiger partial charge is 0.393 e. The summed E-state index contributed by atoms with van der Waals surface area (Å²) in [5.74, 6) is 3.41. The molecule has 4 unspecified atom stereocenters. The molecular formula is C26H42O2. The molecule has 1 N–H and O–H groups in total. The molecule has 7 atom stereocenters. The molecule has 0 heterocycles. The molecule has 0 bridgehead atoms. The molecule has 0 radical (unpaired) electrons. The second-order valence-electron chi connectivity index (χ2n) is 11.6. The second kappa shape index (κ2) is 7.56. The molecule has 4 aliphatic rings. The molecule has 3 fully saturated rings. The van der Waals surface area contributed by atoms with Gasteiger partial charge in [0.2, 0.25) is 0 Å². The minimum absolute atomic E-state index is 0.161. The van der Waals surface area contributed by atoms with Gasteiger partial charge in [-0.2, -0.15) is 0 Å². The van der Waals surface area contributed by atoms with E-state index in [1.165, 1.54) is 56.9 Å². The van der Waals surface area contributed by atoms with Crippen molar-refractivity contribution in [3.63, 3.8) is 0 Å². The van der Waals surface area contributed by atoms with Crippen molar-refractivity contribution in [3.8, 4) is 0 Å². The monoisotopic (exact) mass is 386 g/mol. The number of hydrogen-bond acceptors (Lipinski definition) is 2. The number of carbonyl (C=O) groups is 1. The summed E-state index contributed by atoms with van der Waals surface area (Å²) in [6, 6.07) is 0. The molecule has 0 amide bonds. The van der Waals surface area contributed by atoms with Crippen molar-refractivity contribution in [3.05, 3.63) is 11.6 Å². The standard InChI is InChI=1S/C26H42O2/c1-17(2)7-5-6-8-18-9-10-21-24-22(12-14-25(18,21)3)26(4)13-11-20(27)15-19(26)16-23(24)28/h16-18,20-22,24,27H,5-15H2,1-4H3/t18-,20?,21?,22?,24?,25+,26-/m0/s1. The van der Waals surface area contributed by atoms with Crippen LogP contribution in [0.2, 0.25) is 0 Å². The van der Waals surface area contributed by atoms with Gasteiger partial charge in [0.15, 0.2) is 5.78 Å². The van der Waals surface area contributed by atoms with E-state index >= 15 is 0 Å². The summed E-state index contributed by atoms with van der Waals surface area (Å²) < 4.78 is 0. The predicted molar refractivity (Wildman–Crippen MR) is 115 cm³/mol.